The number of hydrogen-bond donors (Lipinski definition) is 1. The summed E-state index contributed by atoms with van der Waals surface area (Å²) in [6, 6.07) is -0.279. The van der Waals surface area contributed by atoms with Crippen molar-refractivity contribution in [3.05, 3.63) is 22.5 Å². The van der Waals surface area contributed by atoms with Crippen molar-refractivity contribution in [3.63, 3.8) is 0 Å². The van der Waals surface area contributed by atoms with Crippen molar-refractivity contribution in [2.75, 3.05) is 7.11 Å². The minimum absolute atomic E-state index is 0.204. The molecule has 6 heteroatoms. The maximum Gasteiger partial charge on any atom is 0.322 e. The van der Waals surface area contributed by atoms with Gasteiger partial charge in [-0.1, -0.05) is 13.8 Å². The van der Waals surface area contributed by atoms with Crippen molar-refractivity contribution in [2.24, 2.45) is 5.92 Å². The molecule has 1 atom stereocenters. The third-order valence-corrected chi connectivity index (χ3v) is 4.48. The normalized spacial score (nSPS) is 13.0. The Hall–Kier alpha value is -1.40. The lowest BCUT2D eigenvalue weighted by atomic mass is 10.0. The van der Waals surface area contributed by atoms with E-state index in [0.29, 0.717) is 12.5 Å². The third-order valence-electron chi connectivity index (χ3n) is 3.54. The van der Waals surface area contributed by atoms with Gasteiger partial charge >= 0.3 is 5.97 Å². The first-order chi connectivity index (χ1) is 9.93. The molecule has 2 rings (SSSR count). The summed E-state index contributed by atoms with van der Waals surface area (Å²) in [5.41, 5.74) is 3.29. The molecule has 0 fully saturated rings. The molecular formula is C15H23N3O2S. The molecule has 0 saturated carbocycles. The average Bonchev–Trinajstić information content (AvgIpc) is 2.93. The van der Waals surface area contributed by atoms with Gasteiger partial charge in [-0.15, -0.1) is 11.3 Å². The molecule has 5 nitrogen and oxygen atoms in total. The van der Waals surface area contributed by atoms with Crippen LogP contribution in [0.5, 0.6) is 0 Å². The zero-order valence-electron chi connectivity index (χ0n) is 13.3. The first-order valence-electron chi connectivity index (χ1n) is 7.17. The molecule has 2 heterocycles. The summed E-state index contributed by atoms with van der Waals surface area (Å²) in [6.07, 6.45) is 0.760. The average molecular weight is 309 g/mol. The summed E-state index contributed by atoms with van der Waals surface area (Å²) in [6.45, 7) is 8.88. The van der Waals surface area contributed by atoms with Gasteiger partial charge < -0.3 is 4.74 Å². The highest BCUT2D eigenvalue weighted by Crippen LogP contribution is 2.20. The number of rotatable bonds is 6. The van der Waals surface area contributed by atoms with E-state index in [-0.39, 0.29) is 12.0 Å². The molecule has 21 heavy (non-hydrogen) atoms. The fourth-order valence-electron chi connectivity index (χ4n) is 2.47. The number of ether oxygens (including phenoxy) is 1. The molecule has 0 saturated heterocycles. The van der Waals surface area contributed by atoms with Gasteiger partial charge in [0.25, 0.3) is 0 Å². The third kappa shape index (κ3) is 3.44. The summed E-state index contributed by atoms with van der Waals surface area (Å²) in [5.74, 6) is 0.222. The molecule has 0 amide bonds. The van der Waals surface area contributed by atoms with Gasteiger partial charge in [-0.2, -0.15) is 0 Å². The fourth-order valence-corrected chi connectivity index (χ4v) is 3.40. The quantitative estimate of drug-likeness (QED) is 0.834. The van der Waals surface area contributed by atoms with Gasteiger partial charge in [-0.25, -0.2) is 4.98 Å². The van der Waals surface area contributed by atoms with Crippen LogP contribution in [0.25, 0.3) is 4.96 Å². The smallest absolute Gasteiger partial charge is 0.322 e. The van der Waals surface area contributed by atoms with Gasteiger partial charge in [0.1, 0.15) is 6.04 Å². The Morgan fingerprint density at radius 2 is 2.19 bits per heavy atom. The van der Waals surface area contributed by atoms with Crippen LogP contribution in [0, 0.1) is 19.8 Å². The maximum atomic E-state index is 11.9. The number of aryl methyl sites for hydroxylation is 2. The van der Waals surface area contributed by atoms with E-state index in [1.165, 1.54) is 12.8 Å². The molecule has 1 N–H and O–H groups in total. The first-order valence-corrected chi connectivity index (χ1v) is 8.05. The van der Waals surface area contributed by atoms with Crippen molar-refractivity contribution in [1.82, 2.24) is 14.7 Å². The topological polar surface area (TPSA) is 55.6 Å². The molecule has 2 aromatic rings. The van der Waals surface area contributed by atoms with E-state index in [0.717, 1.165) is 22.8 Å². The summed E-state index contributed by atoms with van der Waals surface area (Å²) in [4.78, 5) is 17.4. The predicted octanol–water partition coefficient (Wildman–Crippen LogP) is 2.69. The second kappa shape index (κ2) is 6.58. The van der Waals surface area contributed by atoms with E-state index in [2.05, 4.69) is 40.9 Å². The molecule has 0 aliphatic heterocycles. The van der Waals surface area contributed by atoms with E-state index in [9.17, 15) is 4.79 Å². The summed E-state index contributed by atoms with van der Waals surface area (Å²) in [5, 5.41) is 5.42. The highest BCUT2D eigenvalue weighted by atomic mass is 32.1. The van der Waals surface area contributed by atoms with Gasteiger partial charge in [0.2, 0.25) is 0 Å². The first kappa shape index (κ1) is 16.0. The van der Waals surface area contributed by atoms with Crippen LogP contribution in [-0.2, 0) is 16.1 Å². The van der Waals surface area contributed by atoms with Crippen molar-refractivity contribution in [3.8, 4) is 0 Å². The molecule has 1 unspecified atom stereocenters. The molecule has 116 valence electrons. The lowest BCUT2D eigenvalue weighted by Crippen LogP contribution is -2.38. The van der Waals surface area contributed by atoms with Crippen LogP contribution in [0.4, 0.5) is 0 Å². The zero-order valence-corrected chi connectivity index (χ0v) is 14.1. The van der Waals surface area contributed by atoms with Crippen molar-refractivity contribution in [1.29, 1.82) is 0 Å². The Balaban J connectivity index is 2.17. The Bertz CT molecular complexity index is 630. The Labute approximate surface area is 129 Å². The second-order valence-corrected chi connectivity index (χ2v) is 6.56. The van der Waals surface area contributed by atoms with Crippen LogP contribution in [0.3, 0.4) is 0 Å². The lowest BCUT2D eigenvalue weighted by molar-refractivity contribution is -0.143. The summed E-state index contributed by atoms with van der Waals surface area (Å²) >= 11 is 1.64. The SMILES string of the molecule is COC(=O)C(CC(C)C)NCc1c(C)nc2scc(C)n12. The van der Waals surface area contributed by atoms with Crippen LogP contribution in [0.1, 0.15) is 37.4 Å². The number of imidazole rings is 1. The number of nitrogens with one attached hydrogen (secondary N) is 1. The van der Waals surface area contributed by atoms with Crippen LogP contribution in [0.2, 0.25) is 0 Å². The Morgan fingerprint density at radius 1 is 1.48 bits per heavy atom. The Morgan fingerprint density at radius 3 is 2.81 bits per heavy atom. The predicted molar refractivity (Wildman–Crippen MR) is 84.6 cm³/mol. The number of thiazole rings is 1. The van der Waals surface area contributed by atoms with Crippen LogP contribution >= 0.6 is 11.3 Å². The number of esters is 1. The lowest BCUT2D eigenvalue weighted by Gasteiger charge is -2.18. The van der Waals surface area contributed by atoms with Crippen LogP contribution < -0.4 is 5.32 Å². The van der Waals surface area contributed by atoms with Crippen LogP contribution in [-0.4, -0.2) is 28.5 Å². The number of aromatic nitrogens is 2. The molecule has 0 aliphatic carbocycles. The van der Waals surface area contributed by atoms with Crippen molar-refractivity contribution in [2.45, 2.75) is 46.7 Å². The van der Waals surface area contributed by atoms with Crippen molar-refractivity contribution >= 4 is 22.3 Å². The largest absolute Gasteiger partial charge is 0.468 e. The highest BCUT2D eigenvalue weighted by Gasteiger charge is 2.21. The molecule has 0 aliphatic rings. The summed E-state index contributed by atoms with van der Waals surface area (Å²) < 4.78 is 7.04. The van der Waals surface area contributed by atoms with Gasteiger partial charge in [0.15, 0.2) is 4.96 Å². The molecule has 0 spiro atoms. The van der Waals surface area contributed by atoms with Crippen molar-refractivity contribution < 1.29 is 9.53 Å². The van der Waals surface area contributed by atoms with E-state index in [4.69, 9.17) is 4.74 Å². The summed E-state index contributed by atoms with van der Waals surface area (Å²) in [7, 11) is 1.43. The molecule has 0 bridgehead atoms. The Kier molecular flexibility index (Phi) is 5.00. The second-order valence-electron chi connectivity index (χ2n) is 5.73. The molecule has 0 radical (unpaired) electrons. The van der Waals surface area contributed by atoms with E-state index in [1.54, 1.807) is 11.3 Å². The number of fused-ring (bicyclic) bond motifs is 1. The number of hydrogen-bond acceptors (Lipinski definition) is 5. The zero-order chi connectivity index (χ0) is 15.6. The minimum Gasteiger partial charge on any atom is -0.468 e. The highest BCUT2D eigenvalue weighted by molar-refractivity contribution is 7.15. The van der Waals surface area contributed by atoms with Gasteiger partial charge in [-0.3, -0.25) is 14.5 Å². The molecular weight excluding hydrogens is 286 g/mol. The standard InChI is InChI=1S/C15H23N3O2S/c1-9(2)6-12(14(19)20-5)16-7-13-11(4)17-15-18(13)10(3)8-21-15/h8-9,12,16H,6-7H2,1-5H3. The number of carbonyl (C=O) groups excluding carboxylic acids is 1. The molecule has 2 aromatic heterocycles. The van der Waals surface area contributed by atoms with E-state index < -0.39 is 0 Å². The number of methoxy groups -OCH3 is 1. The van der Waals surface area contributed by atoms with E-state index >= 15 is 0 Å². The maximum absolute atomic E-state index is 11.9. The molecule has 0 aromatic carbocycles. The van der Waals surface area contributed by atoms with Crippen LogP contribution in [0.15, 0.2) is 5.38 Å². The van der Waals surface area contributed by atoms with E-state index in [1.807, 2.05) is 6.92 Å². The monoisotopic (exact) mass is 309 g/mol. The minimum atomic E-state index is -0.279. The van der Waals surface area contributed by atoms with Gasteiger partial charge in [0, 0.05) is 17.6 Å². The fraction of sp³-hybridized carbons (Fsp3) is 0.600. The number of nitrogens with zero attached hydrogens (tertiary/aromatic N) is 2. The van der Waals surface area contributed by atoms with Gasteiger partial charge in [-0.05, 0) is 26.2 Å². The van der Waals surface area contributed by atoms with Gasteiger partial charge in [0.05, 0.1) is 18.5 Å². The number of carbonyl (C=O) groups is 1.